The van der Waals surface area contributed by atoms with Crippen molar-refractivity contribution >= 4 is 34.8 Å². The largest absolute Gasteiger partial charge is 0.366 e. The van der Waals surface area contributed by atoms with Crippen LogP contribution in [0.25, 0.3) is 0 Å². The maximum Gasteiger partial charge on any atom is 0.257 e. The van der Waals surface area contributed by atoms with E-state index in [1.54, 1.807) is 18.2 Å². The molecule has 2 aromatic rings. The summed E-state index contributed by atoms with van der Waals surface area (Å²) in [5.41, 5.74) is 6.29. The summed E-state index contributed by atoms with van der Waals surface area (Å²) in [7, 11) is 0. The highest BCUT2D eigenvalue weighted by molar-refractivity contribution is 7.80. The Morgan fingerprint density at radius 2 is 1.73 bits per heavy atom. The van der Waals surface area contributed by atoms with E-state index in [4.69, 9.17) is 18.0 Å². The van der Waals surface area contributed by atoms with Crippen molar-refractivity contribution in [3.05, 3.63) is 65.5 Å². The van der Waals surface area contributed by atoms with E-state index >= 15 is 0 Å². The third-order valence-electron chi connectivity index (χ3n) is 2.74. The molecule has 22 heavy (non-hydrogen) atoms. The molecule has 2 amide bonds. The molecule has 0 unspecified atom stereocenters. The second-order valence-electron chi connectivity index (χ2n) is 4.36. The van der Waals surface area contributed by atoms with Gasteiger partial charge >= 0.3 is 0 Å². The van der Waals surface area contributed by atoms with Crippen LogP contribution in [0.15, 0.2) is 48.5 Å². The van der Waals surface area contributed by atoms with Gasteiger partial charge in [-0.15, -0.1) is 0 Å². The van der Waals surface area contributed by atoms with Crippen LogP contribution in [0, 0.1) is 5.82 Å². The molecule has 0 atom stereocenters. The fraction of sp³-hybridized carbons (Fsp3) is 0. The lowest BCUT2D eigenvalue weighted by Crippen LogP contribution is -2.34. The maximum atomic E-state index is 12.8. The number of thiocarbonyl (C=S) groups is 1. The van der Waals surface area contributed by atoms with Crippen molar-refractivity contribution < 1.29 is 14.0 Å². The van der Waals surface area contributed by atoms with Crippen LogP contribution in [0.4, 0.5) is 10.1 Å². The molecule has 0 aliphatic rings. The summed E-state index contributed by atoms with van der Waals surface area (Å²) in [6.07, 6.45) is 0. The number of anilines is 1. The SMILES string of the molecule is NC(=O)c1cccc(NC(=S)NC(=O)c2ccc(F)cc2)c1. The van der Waals surface area contributed by atoms with E-state index in [0.29, 0.717) is 11.3 Å². The minimum absolute atomic E-state index is 0.0518. The van der Waals surface area contributed by atoms with Crippen molar-refractivity contribution in [1.82, 2.24) is 5.32 Å². The third kappa shape index (κ3) is 4.10. The van der Waals surface area contributed by atoms with Crippen molar-refractivity contribution in [1.29, 1.82) is 0 Å². The summed E-state index contributed by atoms with van der Waals surface area (Å²) in [5, 5.41) is 5.27. The fourth-order valence-corrected chi connectivity index (χ4v) is 1.90. The smallest absolute Gasteiger partial charge is 0.257 e. The van der Waals surface area contributed by atoms with Gasteiger partial charge < -0.3 is 11.1 Å². The van der Waals surface area contributed by atoms with Crippen LogP contribution < -0.4 is 16.4 Å². The molecule has 0 fully saturated rings. The quantitative estimate of drug-likeness (QED) is 0.757. The van der Waals surface area contributed by atoms with Crippen LogP contribution in [-0.2, 0) is 0 Å². The highest BCUT2D eigenvalue weighted by atomic mass is 32.1. The van der Waals surface area contributed by atoms with Crippen molar-refractivity contribution in [2.45, 2.75) is 0 Å². The number of nitrogens with one attached hydrogen (secondary N) is 2. The molecule has 0 radical (unpaired) electrons. The number of carbonyl (C=O) groups is 2. The molecule has 4 N–H and O–H groups in total. The van der Waals surface area contributed by atoms with Gasteiger partial charge in [-0.05, 0) is 54.7 Å². The Labute approximate surface area is 131 Å². The number of carbonyl (C=O) groups excluding carboxylic acids is 2. The minimum Gasteiger partial charge on any atom is -0.366 e. The Balaban J connectivity index is 2.01. The number of halogens is 1. The first-order chi connectivity index (χ1) is 10.5. The van der Waals surface area contributed by atoms with Crippen molar-refractivity contribution in [3.63, 3.8) is 0 Å². The topological polar surface area (TPSA) is 84.2 Å². The lowest BCUT2D eigenvalue weighted by Gasteiger charge is -2.10. The van der Waals surface area contributed by atoms with Crippen LogP contribution in [-0.4, -0.2) is 16.9 Å². The zero-order valence-corrected chi connectivity index (χ0v) is 12.1. The van der Waals surface area contributed by atoms with Crippen LogP contribution >= 0.6 is 12.2 Å². The number of hydrogen-bond donors (Lipinski definition) is 3. The second-order valence-corrected chi connectivity index (χ2v) is 4.77. The van der Waals surface area contributed by atoms with Crippen LogP contribution in [0.5, 0.6) is 0 Å². The standard InChI is InChI=1S/C15H12FN3O2S/c16-11-6-4-9(5-7-11)14(21)19-15(22)18-12-3-1-2-10(8-12)13(17)20/h1-8H,(H2,17,20)(H2,18,19,21,22). The Bertz CT molecular complexity index is 732. The molecule has 0 saturated heterocycles. The molecule has 0 aromatic heterocycles. The van der Waals surface area contributed by atoms with Crippen LogP contribution in [0.1, 0.15) is 20.7 Å². The van der Waals surface area contributed by atoms with Gasteiger partial charge in [-0.25, -0.2) is 4.39 Å². The lowest BCUT2D eigenvalue weighted by molar-refractivity contribution is 0.0974. The first kappa shape index (κ1) is 15.6. The van der Waals surface area contributed by atoms with Gasteiger partial charge in [-0.3, -0.25) is 14.9 Å². The van der Waals surface area contributed by atoms with Gasteiger partial charge in [0, 0.05) is 16.8 Å². The van der Waals surface area contributed by atoms with E-state index in [1.165, 1.54) is 30.3 Å². The summed E-state index contributed by atoms with van der Waals surface area (Å²) in [6.45, 7) is 0. The van der Waals surface area contributed by atoms with E-state index < -0.39 is 17.6 Å². The van der Waals surface area contributed by atoms with Gasteiger partial charge in [0.25, 0.3) is 5.91 Å². The zero-order chi connectivity index (χ0) is 16.1. The molecule has 0 bridgehead atoms. The predicted octanol–water partition coefficient (Wildman–Crippen LogP) is 2.05. The monoisotopic (exact) mass is 317 g/mol. The average molecular weight is 317 g/mol. The zero-order valence-electron chi connectivity index (χ0n) is 11.3. The number of primary amides is 1. The summed E-state index contributed by atoms with van der Waals surface area (Å²) in [4.78, 5) is 23.0. The lowest BCUT2D eigenvalue weighted by atomic mass is 10.2. The fourth-order valence-electron chi connectivity index (χ4n) is 1.69. The highest BCUT2D eigenvalue weighted by Gasteiger charge is 2.08. The molecule has 0 aliphatic carbocycles. The van der Waals surface area contributed by atoms with E-state index in [1.807, 2.05) is 0 Å². The van der Waals surface area contributed by atoms with Gasteiger partial charge in [0.1, 0.15) is 5.82 Å². The maximum absolute atomic E-state index is 12.8. The summed E-state index contributed by atoms with van der Waals surface area (Å²) >= 11 is 5.01. The third-order valence-corrected chi connectivity index (χ3v) is 2.94. The van der Waals surface area contributed by atoms with Gasteiger partial charge in [-0.1, -0.05) is 6.07 Å². The van der Waals surface area contributed by atoms with Crippen molar-refractivity contribution in [3.8, 4) is 0 Å². The molecule has 0 spiro atoms. The van der Waals surface area contributed by atoms with Crippen LogP contribution in [0.2, 0.25) is 0 Å². The molecular formula is C15H12FN3O2S. The number of hydrogen-bond acceptors (Lipinski definition) is 3. The molecule has 0 saturated carbocycles. The van der Waals surface area contributed by atoms with Crippen molar-refractivity contribution in [2.75, 3.05) is 5.32 Å². The van der Waals surface area contributed by atoms with E-state index in [9.17, 15) is 14.0 Å². The molecule has 0 aliphatic heterocycles. The number of rotatable bonds is 3. The Kier molecular flexibility index (Phi) is 4.80. The molecule has 5 nitrogen and oxygen atoms in total. The van der Waals surface area contributed by atoms with E-state index in [2.05, 4.69) is 10.6 Å². The number of amides is 2. The molecule has 7 heteroatoms. The first-order valence-electron chi connectivity index (χ1n) is 6.23. The molecule has 112 valence electrons. The molecular weight excluding hydrogens is 305 g/mol. The van der Waals surface area contributed by atoms with Crippen LogP contribution in [0.3, 0.4) is 0 Å². The van der Waals surface area contributed by atoms with E-state index in [0.717, 1.165) is 0 Å². The molecule has 2 aromatic carbocycles. The molecule has 2 rings (SSSR count). The average Bonchev–Trinajstić information content (AvgIpc) is 2.47. The Hall–Kier alpha value is -2.80. The van der Waals surface area contributed by atoms with Gasteiger partial charge in [0.2, 0.25) is 5.91 Å². The van der Waals surface area contributed by atoms with Gasteiger partial charge in [-0.2, -0.15) is 0 Å². The van der Waals surface area contributed by atoms with Gasteiger partial charge in [0.05, 0.1) is 0 Å². The van der Waals surface area contributed by atoms with E-state index in [-0.39, 0.29) is 10.7 Å². The highest BCUT2D eigenvalue weighted by Crippen LogP contribution is 2.10. The predicted molar refractivity (Wildman–Crippen MR) is 85.0 cm³/mol. The van der Waals surface area contributed by atoms with Gasteiger partial charge in [0.15, 0.2) is 5.11 Å². The first-order valence-corrected chi connectivity index (χ1v) is 6.64. The molecule has 0 heterocycles. The summed E-state index contributed by atoms with van der Waals surface area (Å²) < 4.78 is 12.8. The van der Waals surface area contributed by atoms with Crippen molar-refractivity contribution in [2.24, 2.45) is 5.73 Å². The number of nitrogens with two attached hydrogens (primary N) is 1. The minimum atomic E-state index is -0.565. The number of benzene rings is 2. The summed E-state index contributed by atoms with van der Waals surface area (Å²) in [5.74, 6) is -1.46. The normalized spacial score (nSPS) is 9.86. The Morgan fingerprint density at radius 1 is 1.05 bits per heavy atom. The second kappa shape index (κ2) is 6.77. The Morgan fingerprint density at radius 3 is 2.36 bits per heavy atom. The summed E-state index contributed by atoms with van der Waals surface area (Å²) in [6, 6.07) is 11.4.